The summed E-state index contributed by atoms with van der Waals surface area (Å²) < 4.78 is 10.6. The van der Waals surface area contributed by atoms with Gasteiger partial charge in [0.1, 0.15) is 11.5 Å². The minimum atomic E-state index is -0.362. The number of nitrogens with one attached hydrogen (secondary N) is 1. The number of benzene rings is 1. The lowest BCUT2D eigenvalue weighted by Crippen LogP contribution is -2.46. The maximum atomic E-state index is 12.5. The average Bonchev–Trinajstić information content (AvgIpc) is 2.95. The van der Waals surface area contributed by atoms with E-state index in [1.54, 1.807) is 37.3 Å². The molecule has 1 heterocycles. The van der Waals surface area contributed by atoms with Crippen molar-refractivity contribution < 1.29 is 19.1 Å². The van der Waals surface area contributed by atoms with Crippen molar-refractivity contribution in [2.45, 2.75) is 39.2 Å². The zero-order chi connectivity index (χ0) is 17.9. The van der Waals surface area contributed by atoms with Gasteiger partial charge in [0.25, 0.3) is 0 Å². The maximum absolute atomic E-state index is 12.5. The zero-order valence-corrected chi connectivity index (χ0v) is 15.0. The van der Waals surface area contributed by atoms with E-state index in [0.29, 0.717) is 23.7 Å². The Labute approximate surface area is 143 Å². The summed E-state index contributed by atoms with van der Waals surface area (Å²) in [5.41, 5.74) is 0.355. The molecule has 6 heteroatoms. The second kappa shape index (κ2) is 7.11. The number of nitrogens with zero attached hydrogens (tertiary/aromatic N) is 1. The van der Waals surface area contributed by atoms with Crippen molar-refractivity contribution in [2.75, 3.05) is 25.7 Å². The summed E-state index contributed by atoms with van der Waals surface area (Å²) in [6, 6.07) is 5.29. The monoisotopic (exact) mass is 334 g/mol. The van der Waals surface area contributed by atoms with Gasteiger partial charge in [-0.15, -0.1) is 0 Å². The number of amides is 2. The molecule has 2 amide bonds. The number of ether oxygens (including phenoxy) is 2. The molecule has 1 atom stereocenters. The normalized spacial score (nSPS) is 17.8. The van der Waals surface area contributed by atoms with E-state index in [1.165, 1.54) is 0 Å². The molecule has 0 aromatic heterocycles. The van der Waals surface area contributed by atoms with Crippen LogP contribution in [-0.4, -0.2) is 38.1 Å². The lowest BCUT2D eigenvalue weighted by Gasteiger charge is -2.26. The first-order chi connectivity index (χ1) is 11.3. The number of carbonyl (C=O) groups is 2. The standard InChI is InChI=1S/C18H26N2O4/c1-6-18(2,3)19-17(22)12-9-16(21)20(11-12)14-10-13(23-4)7-8-15(14)24-5/h7-8,10,12H,6,9,11H2,1-5H3,(H,19,22)/t12-/m0/s1. The first-order valence-corrected chi connectivity index (χ1v) is 8.15. The summed E-state index contributed by atoms with van der Waals surface area (Å²) in [6.45, 7) is 6.32. The predicted molar refractivity (Wildman–Crippen MR) is 92.5 cm³/mol. The summed E-state index contributed by atoms with van der Waals surface area (Å²) >= 11 is 0. The zero-order valence-electron chi connectivity index (χ0n) is 15.0. The van der Waals surface area contributed by atoms with Gasteiger partial charge in [-0.1, -0.05) is 6.92 Å². The SMILES string of the molecule is CCC(C)(C)NC(=O)[C@H]1CC(=O)N(c2cc(OC)ccc2OC)C1. The number of methoxy groups -OCH3 is 2. The molecule has 1 aromatic carbocycles. The number of carbonyl (C=O) groups excluding carboxylic acids is 2. The first kappa shape index (κ1) is 18.1. The fourth-order valence-corrected chi connectivity index (χ4v) is 2.65. The van der Waals surface area contributed by atoms with Crippen LogP contribution in [0.3, 0.4) is 0 Å². The van der Waals surface area contributed by atoms with E-state index in [1.807, 2.05) is 20.8 Å². The molecule has 1 aromatic rings. The molecule has 0 spiro atoms. The van der Waals surface area contributed by atoms with Gasteiger partial charge >= 0.3 is 0 Å². The van der Waals surface area contributed by atoms with Crippen molar-refractivity contribution in [1.82, 2.24) is 5.32 Å². The van der Waals surface area contributed by atoms with Crippen LogP contribution in [0.2, 0.25) is 0 Å². The Kier molecular flexibility index (Phi) is 5.36. The second-order valence-corrected chi connectivity index (χ2v) is 6.67. The minimum absolute atomic E-state index is 0.0837. The topological polar surface area (TPSA) is 67.9 Å². The summed E-state index contributed by atoms with van der Waals surface area (Å²) in [6.07, 6.45) is 1.03. The Morgan fingerprint density at radius 3 is 2.62 bits per heavy atom. The molecule has 24 heavy (non-hydrogen) atoms. The second-order valence-electron chi connectivity index (χ2n) is 6.67. The molecule has 0 unspecified atom stereocenters. The van der Waals surface area contributed by atoms with Gasteiger partial charge in [-0.3, -0.25) is 9.59 Å². The molecule has 0 radical (unpaired) electrons. The van der Waals surface area contributed by atoms with Crippen LogP contribution in [0.1, 0.15) is 33.6 Å². The van der Waals surface area contributed by atoms with Crippen LogP contribution in [-0.2, 0) is 9.59 Å². The number of hydrogen-bond acceptors (Lipinski definition) is 4. The van der Waals surface area contributed by atoms with Crippen LogP contribution in [0.5, 0.6) is 11.5 Å². The van der Waals surface area contributed by atoms with E-state index >= 15 is 0 Å². The van der Waals surface area contributed by atoms with Gasteiger partial charge in [0, 0.05) is 24.6 Å². The fraction of sp³-hybridized carbons (Fsp3) is 0.556. The van der Waals surface area contributed by atoms with E-state index in [0.717, 1.165) is 6.42 Å². The third-order valence-electron chi connectivity index (χ3n) is 4.52. The van der Waals surface area contributed by atoms with Crippen molar-refractivity contribution in [3.63, 3.8) is 0 Å². The smallest absolute Gasteiger partial charge is 0.227 e. The third-order valence-corrected chi connectivity index (χ3v) is 4.52. The number of anilines is 1. The largest absolute Gasteiger partial charge is 0.497 e. The van der Waals surface area contributed by atoms with Crippen molar-refractivity contribution in [3.05, 3.63) is 18.2 Å². The molecule has 6 nitrogen and oxygen atoms in total. The van der Waals surface area contributed by atoms with Gasteiger partial charge in [-0.25, -0.2) is 0 Å². The predicted octanol–water partition coefficient (Wildman–Crippen LogP) is 2.36. The molecule has 1 aliphatic rings. The Hall–Kier alpha value is -2.24. The van der Waals surface area contributed by atoms with Crippen molar-refractivity contribution in [2.24, 2.45) is 5.92 Å². The van der Waals surface area contributed by atoms with Crippen LogP contribution in [0, 0.1) is 5.92 Å². The van der Waals surface area contributed by atoms with E-state index in [4.69, 9.17) is 9.47 Å². The van der Waals surface area contributed by atoms with Crippen molar-refractivity contribution in [1.29, 1.82) is 0 Å². The average molecular weight is 334 g/mol. The highest BCUT2D eigenvalue weighted by Crippen LogP contribution is 2.36. The Morgan fingerprint density at radius 2 is 2.04 bits per heavy atom. The van der Waals surface area contributed by atoms with Crippen LogP contribution in [0.15, 0.2) is 18.2 Å². The van der Waals surface area contributed by atoms with Crippen LogP contribution < -0.4 is 19.7 Å². The molecule has 1 saturated heterocycles. The van der Waals surface area contributed by atoms with Gasteiger partial charge < -0.3 is 19.7 Å². The van der Waals surface area contributed by atoms with Crippen LogP contribution >= 0.6 is 0 Å². The van der Waals surface area contributed by atoms with E-state index in [-0.39, 0.29) is 29.7 Å². The summed E-state index contributed by atoms with van der Waals surface area (Å²) in [7, 11) is 3.13. The molecule has 2 rings (SSSR count). The molecule has 132 valence electrons. The fourth-order valence-electron chi connectivity index (χ4n) is 2.65. The van der Waals surface area contributed by atoms with Crippen LogP contribution in [0.4, 0.5) is 5.69 Å². The molecule has 1 fully saturated rings. The van der Waals surface area contributed by atoms with Crippen molar-refractivity contribution >= 4 is 17.5 Å². The third kappa shape index (κ3) is 3.80. The summed E-state index contributed by atoms with van der Waals surface area (Å²) in [4.78, 5) is 26.5. The van der Waals surface area contributed by atoms with E-state index in [9.17, 15) is 9.59 Å². The summed E-state index contributed by atoms with van der Waals surface area (Å²) in [5, 5.41) is 3.02. The van der Waals surface area contributed by atoms with Gasteiger partial charge in [0.05, 0.1) is 25.8 Å². The van der Waals surface area contributed by atoms with E-state index < -0.39 is 0 Å². The first-order valence-electron chi connectivity index (χ1n) is 8.15. The van der Waals surface area contributed by atoms with Gasteiger partial charge in [-0.05, 0) is 32.4 Å². The van der Waals surface area contributed by atoms with Gasteiger partial charge in [0.2, 0.25) is 11.8 Å². The minimum Gasteiger partial charge on any atom is -0.497 e. The Bertz CT molecular complexity index is 627. The van der Waals surface area contributed by atoms with Crippen molar-refractivity contribution in [3.8, 4) is 11.5 Å². The highest BCUT2D eigenvalue weighted by molar-refractivity contribution is 6.01. The van der Waals surface area contributed by atoms with Gasteiger partial charge in [0.15, 0.2) is 0 Å². The highest BCUT2D eigenvalue weighted by Gasteiger charge is 2.37. The molecule has 0 saturated carbocycles. The summed E-state index contributed by atoms with van der Waals surface area (Å²) in [5.74, 6) is 0.688. The lowest BCUT2D eigenvalue weighted by molar-refractivity contribution is -0.127. The van der Waals surface area contributed by atoms with E-state index in [2.05, 4.69) is 5.32 Å². The molecular formula is C18H26N2O4. The molecular weight excluding hydrogens is 308 g/mol. The number of rotatable bonds is 6. The highest BCUT2D eigenvalue weighted by atomic mass is 16.5. The molecule has 1 aliphatic heterocycles. The van der Waals surface area contributed by atoms with Crippen LogP contribution in [0.25, 0.3) is 0 Å². The van der Waals surface area contributed by atoms with Gasteiger partial charge in [-0.2, -0.15) is 0 Å². The quantitative estimate of drug-likeness (QED) is 0.867. The molecule has 1 N–H and O–H groups in total. The Balaban J connectivity index is 2.20. The number of hydrogen-bond donors (Lipinski definition) is 1. The Morgan fingerprint density at radius 1 is 1.33 bits per heavy atom. The maximum Gasteiger partial charge on any atom is 0.227 e. The lowest BCUT2D eigenvalue weighted by atomic mass is 9.99. The molecule has 0 bridgehead atoms. The molecule has 0 aliphatic carbocycles.